The maximum atomic E-state index is 12.2. The van der Waals surface area contributed by atoms with Crippen molar-refractivity contribution in [2.24, 2.45) is 7.05 Å². The highest BCUT2D eigenvalue weighted by Crippen LogP contribution is 2.22. The number of amides is 1. The number of carbonyl (C=O) groups is 1. The van der Waals surface area contributed by atoms with Crippen LogP contribution in [-0.2, 0) is 7.05 Å². The standard InChI is InChI=1S/C14H16ClN3O/c1-8-5-6-9(2)11(7-8)16-14(19)13-12(15)10(3)18(4)17-13/h5-7H,1-4H3,(H,16,19). The Hall–Kier alpha value is -1.81. The summed E-state index contributed by atoms with van der Waals surface area (Å²) in [7, 11) is 1.76. The molecule has 0 fully saturated rings. The van der Waals surface area contributed by atoms with Gasteiger partial charge in [-0.1, -0.05) is 23.7 Å². The van der Waals surface area contributed by atoms with Crippen molar-refractivity contribution in [1.82, 2.24) is 9.78 Å². The van der Waals surface area contributed by atoms with Gasteiger partial charge in [0.2, 0.25) is 0 Å². The van der Waals surface area contributed by atoms with E-state index in [1.54, 1.807) is 11.7 Å². The smallest absolute Gasteiger partial charge is 0.277 e. The fraction of sp³-hybridized carbons (Fsp3) is 0.286. The normalized spacial score (nSPS) is 10.6. The highest BCUT2D eigenvalue weighted by Gasteiger charge is 2.18. The summed E-state index contributed by atoms with van der Waals surface area (Å²) in [5.74, 6) is -0.289. The van der Waals surface area contributed by atoms with Crippen LogP contribution in [0.3, 0.4) is 0 Å². The van der Waals surface area contributed by atoms with Gasteiger partial charge in [-0.25, -0.2) is 0 Å². The molecule has 0 saturated carbocycles. The van der Waals surface area contributed by atoms with E-state index in [2.05, 4.69) is 10.4 Å². The third-order valence-electron chi connectivity index (χ3n) is 3.12. The van der Waals surface area contributed by atoms with Gasteiger partial charge in [0.15, 0.2) is 5.69 Å². The van der Waals surface area contributed by atoms with Gasteiger partial charge in [-0.05, 0) is 38.0 Å². The largest absolute Gasteiger partial charge is 0.320 e. The third-order valence-corrected chi connectivity index (χ3v) is 3.57. The lowest BCUT2D eigenvalue weighted by Crippen LogP contribution is -2.14. The number of carbonyl (C=O) groups excluding carboxylic acids is 1. The van der Waals surface area contributed by atoms with E-state index in [0.29, 0.717) is 5.02 Å². The maximum Gasteiger partial charge on any atom is 0.277 e. The van der Waals surface area contributed by atoms with E-state index < -0.39 is 0 Å². The molecule has 0 saturated heterocycles. The SMILES string of the molecule is Cc1ccc(C)c(NC(=O)c2nn(C)c(C)c2Cl)c1. The second kappa shape index (κ2) is 5.05. The van der Waals surface area contributed by atoms with Gasteiger partial charge in [0, 0.05) is 12.7 Å². The topological polar surface area (TPSA) is 46.9 Å². The summed E-state index contributed by atoms with van der Waals surface area (Å²) in [4.78, 5) is 12.2. The Morgan fingerprint density at radius 2 is 2.00 bits per heavy atom. The number of nitrogens with zero attached hydrogens (tertiary/aromatic N) is 2. The molecule has 0 radical (unpaired) electrons. The number of anilines is 1. The molecule has 1 N–H and O–H groups in total. The number of hydrogen-bond donors (Lipinski definition) is 1. The second-order valence-electron chi connectivity index (χ2n) is 4.64. The van der Waals surface area contributed by atoms with E-state index in [4.69, 9.17) is 11.6 Å². The van der Waals surface area contributed by atoms with Crippen LogP contribution in [-0.4, -0.2) is 15.7 Å². The lowest BCUT2D eigenvalue weighted by atomic mass is 10.1. The predicted molar refractivity (Wildman–Crippen MR) is 76.8 cm³/mol. The zero-order valence-electron chi connectivity index (χ0n) is 11.4. The van der Waals surface area contributed by atoms with Gasteiger partial charge in [-0.2, -0.15) is 5.10 Å². The summed E-state index contributed by atoms with van der Waals surface area (Å²) >= 11 is 6.10. The molecule has 19 heavy (non-hydrogen) atoms. The van der Waals surface area contributed by atoms with E-state index in [-0.39, 0.29) is 11.6 Å². The van der Waals surface area contributed by atoms with E-state index in [0.717, 1.165) is 22.5 Å². The number of rotatable bonds is 2. The van der Waals surface area contributed by atoms with Crippen LogP contribution in [0.1, 0.15) is 27.3 Å². The van der Waals surface area contributed by atoms with Crippen molar-refractivity contribution in [2.45, 2.75) is 20.8 Å². The van der Waals surface area contributed by atoms with Gasteiger partial charge in [0.1, 0.15) is 0 Å². The molecule has 1 aromatic heterocycles. The molecule has 0 bridgehead atoms. The van der Waals surface area contributed by atoms with Crippen molar-refractivity contribution < 1.29 is 4.79 Å². The van der Waals surface area contributed by atoms with Gasteiger partial charge in [-0.15, -0.1) is 0 Å². The van der Waals surface area contributed by atoms with Crippen molar-refractivity contribution in [3.8, 4) is 0 Å². The number of aryl methyl sites for hydroxylation is 3. The molecule has 2 rings (SSSR count). The van der Waals surface area contributed by atoms with Crippen LogP contribution in [0, 0.1) is 20.8 Å². The molecule has 0 aliphatic rings. The first-order valence-electron chi connectivity index (χ1n) is 5.98. The van der Waals surface area contributed by atoms with Crippen LogP contribution < -0.4 is 5.32 Å². The average Bonchev–Trinajstić information content (AvgIpc) is 2.62. The Labute approximate surface area is 117 Å². The Bertz CT molecular complexity index is 646. The molecular weight excluding hydrogens is 262 g/mol. The molecule has 0 spiro atoms. The lowest BCUT2D eigenvalue weighted by molar-refractivity contribution is 0.102. The minimum atomic E-state index is -0.289. The number of benzene rings is 1. The Kier molecular flexibility index (Phi) is 3.62. The van der Waals surface area contributed by atoms with Crippen LogP contribution in [0.4, 0.5) is 5.69 Å². The van der Waals surface area contributed by atoms with E-state index in [9.17, 15) is 4.79 Å². The zero-order chi connectivity index (χ0) is 14.2. The van der Waals surface area contributed by atoms with Crippen molar-refractivity contribution in [2.75, 3.05) is 5.32 Å². The van der Waals surface area contributed by atoms with Crippen LogP contribution >= 0.6 is 11.6 Å². The molecule has 0 aliphatic carbocycles. The summed E-state index contributed by atoms with van der Waals surface area (Å²) in [6.07, 6.45) is 0. The van der Waals surface area contributed by atoms with Crippen molar-refractivity contribution in [1.29, 1.82) is 0 Å². The summed E-state index contributed by atoms with van der Waals surface area (Å²) in [5.41, 5.74) is 3.90. The second-order valence-corrected chi connectivity index (χ2v) is 5.02. The monoisotopic (exact) mass is 277 g/mol. The summed E-state index contributed by atoms with van der Waals surface area (Å²) in [6.45, 7) is 5.75. The number of aromatic nitrogens is 2. The van der Waals surface area contributed by atoms with Crippen molar-refractivity contribution >= 4 is 23.2 Å². The molecular formula is C14H16ClN3O. The lowest BCUT2D eigenvalue weighted by Gasteiger charge is -2.08. The third kappa shape index (κ3) is 2.63. The molecule has 100 valence electrons. The average molecular weight is 278 g/mol. The molecule has 1 aromatic carbocycles. The van der Waals surface area contributed by atoms with Crippen LogP contribution in [0.25, 0.3) is 0 Å². The Morgan fingerprint density at radius 3 is 2.58 bits per heavy atom. The van der Waals surface area contributed by atoms with E-state index >= 15 is 0 Å². The zero-order valence-corrected chi connectivity index (χ0v) is 12.2. The molecule has 1 heterocycles. The molecule has 2 aromatic rings. The fourth-order valence-electron chi connectivity index (χ4n) is 1.78. The molecule has 1 amide bonds. The van der Waals surface area contributed by atoms with Gasteiger partial charge >= 0.3 is 0 Å². The van der Waals surface area contributed by atoms with E-state index in [1.165, 1.54) is 0 Å². The first kappa shape index (κ1) is 13.6. The molecule has 0 unspecified atom stereocenters. The van der Waals surface area contributed by atoms with Crippen LogP contribution in [0.2, 0.25) is 5.02 Å². The van der Waals surface area contributed by atoms with Gasteiger partial charge < -0.3 is 5.32 Å². The Morgan fingerprint density at radius 1 is 1.32 bits per heavy atom. The van der Waals surface area contributed by atoms with Crippen LogP contribution in [0.5, 0.6) is 0 Å². The Balaban J connectivity index is 2.30. The first-order valence-corrected chi connectivity index (χ1v) is 6.35. The minimum Gasteiger partial charge on any atom is -0.320 e. The first-order chi connectivity index (χ1) is 8.90. The van der Waals surface area contributed by atoms with E-state index in [1.807, 2.05) is 39.0 Å². The van der Waals surface area contributed by atoms with Crippen molar-refractivity contribution in [3.05, 3.63) is 45.7 Å². The van der Waals surface area contributed by atoms with Gasteiger partial charge in [0.25, 0.3) is 5.91 Å². The number of nitrogens with one attached hydrogen (secondary N) is 1. The predicted octanol–water partition coefficient (Wildman–Crippen LogP) is 3.25. The maximum absolute atomic E-state index is 12.2. The molecule has 0 atom stereocenters. The molecule has 4 nitrogen and oxygen atoms in total. The number of halogens is 1. The van der Waals surface area contributed by atoms with Gasteiger partial charge in [0.05, 0.1) is 10.7 Å². The van der Waals surface area contributed by atoms with Crippen molar-refractivity contribution in [3.63, 3.8) is 0 Å². The summed E-state index contributed by atoms with van der Waals surface area (Å²) in [5, 5.41) is 7.37. The summed E-state index contributed by atoms with van der Waals surface area (Å²) in [6, 6.07) is 5.90. The number of hydrogen-bond acceptors (Lipinski definition) is 2. The molecule has 0 aliphatic heterocycles. The fourth-order valence-corrected chi connectivity index (χ4v) is 2.03. The molecule has 5 heteroatoms. The highest BCUT2D eigenvalue weighted by atomic mass is 35.5. The van der Waals surface area contributed by atoms with Gasteiger partial charge in [-0.3, -0.25) is 9.48 Å². The minimum absolute atomic E-state index is 0.252. The van der Waals surface area contributed by atoms with Crippen LogP contribution in [0.15, 0.2) is 18.2 Å². The summed E-state index contributed by atoms with van der Waals surface area (Å²) < 4.78 is 1.60. The highest BCUT2D eigenvalue weighted by molar-refractivity contribution is 6.34. The quantitative estimate of drug-likeness (QED) is 0.916.